The highest BCUT2D eigenvalue weighted by Crippen LogP contribution is 2.25. The van der Waals surface area contributed by atoms with Crippen molar-refractivity contribution in [3.8, 4) is 0 Å². The van der Waals surface area contributed by atoms with Crippen LogP contribution in [-0.4, -0.2) is 58.3 Å². The van der Waals surface area contributed by atoms with Gasteiger partial charge in [0.2, 0.25) is 10.0 Å². The van der Waals surface area contributed by atoms with Crippen molar-refractivity contribution < 1.29 is 18.3 Å². The zero-order chi connectivity index (χ0) is 16.0. The van der Waals surface area contributed by atoms with Crippen molar-refractivity contribution in [3.63, 3.8) is 0 Å². The molecular weight excluding hydrogens is 294 g/mol. The molecular formula is C13H23N3O4S. The number of nitrogens with one attached hydrogen (secondary N) is 1. The molecule has 0 bridgehead atoms. The fourth-order valence-corrected chi connectivity index (χ4v) is 2.73. The third kappa shape index (κ3) is 4.57. The molecule has 0 saturated heterocycles. The lowest BCUT2D eigenvalue weighted by Gasteiger charge is -2.20. The van der Waals surface area contributed by atoms with E-state index in [4.69, 9.17) is 15.6 Å². The van der Waals surface area contributed by atoms with Crippen LogP contribution in [0.5, 0.6) is 0 Å². The first-order valence-electron chi connectivity index (χ1n) is 6.51. The molecule has 0 aliphatic heterocycles. The standard InChI is InChI=1S/C13H23N3O4S/c1-16(2)21(18,19)11-4-5-12(14)13(8-11)15-10(6-7-17)9-20-3/h4-5,8,10,15,17H,6-7,9,14H2,1-3H3. The topological polar surface area (TPSA) is 105 Å². The van der Waals surface area contributed by atoms with Gasteiger partial charge in [-0.05, 0) is 24.6 Å². The van der Waals surface area contributed by atoms with Gasteiger partial charge in [0.1, 0.15) is 0 Å². The maximum absolute atomic E-state index is 12.1. The second-order valence-corrected chi connectivity index (χ2v) is 7.00. The molecule has 1 unspecified atom stereocenters. The van der Waals surface area contributed by atoms with E-state index in [1.54, 1.807) is 13.2 Å². The Bertz CT molecular complexity index is 555. The SMILES string of the molecule is COCC(CCO)Nc1cc(S(=O)(=O)N(C)C)ccc1N. The maximum Gasteiger partial charge on any atom is 0.242 e. The summed E-state index contributed by atoms with van der Waals surface area (Å²) >= 11 is 0. The minimum absolute atomic E-state index is 0.00335. The van der Waals surface area contributed by atoms with Gasteiger partial charge in [-0.25, -0.2) is 12.7 Å². The van der Waals surface area contributed by atoms with Crippen LogP contribution in [0.1, 0.15) is 6.42 Å². The first-order valence-corrected chi connectivity index (χ1v) is 7.95. The lowest BCUT2D eigenvalue weighted by molar-refractivity contribution is 0.170. The van der Waals surface area contributed by atoms with E-state index in [1.165, 1.54) is 26.2 Å². The van der Waals surface area contributed by atoms with Crippen LogP contribution in [0.25, 0.3) is 0 Å². The Morgan fingerprint density at radius 1 is 1.43 bits per heavy atom. The van der Waals surface area contributed by atoms with Gasteiger partial charge in [0.05, 0.1) is 28.9 Å². The van der Waals surface area contributed by atoms with E-state index in [0.717, 1.165) is 4.31 Å². The molecule has 8 heteroatoms. The number of hydrogen-bond acceptors (Lipinski definition) is 6. The monoisotopic (exact) mass is 317 g/mol. The van der Waals surface area contributed by atoms with Gasteiger partial charge in [-0.1, -0.05) is 0 Å². The number of sulfonamides is 1. The molecule has 120 valence electrons. The number of aliphatic hydroxyl groups is 1. The van der Waals surface area contributed by atoms with Crippen molar-refractivity contribution in [3.05, 3.63) is 18.2 Å². The highest BCUT2D eigenvalue weighted by molar-refractivity contribution is 7.89. The third-order valence-corrected chi connectivity index (χ3v) is 4.82. The van der Waals surface area contributed by atoms with Gasteiger partial charge >= 0.3 is 0 Å². The Kier molecular flexibility index (Phi) is 6.41. The van der Waals surface area contributed by atoms with Crippen LogP contribution in [-0.2, 0) is 14.8 Å². The Balaban J connectivity index is 3.07. The second kappa shape index (κ2) is 7.60. The molecule has 1 atom stereocenters. The highest BCUT2D eigenvalue weighted by Gasteiger charge is 2.19. The summed E-state index contributed by atoms with van der Waals surface area (Å²) in [6.07, 6.45) is 0.470. The zero-order valence-corrected chi connectivity index (χ0v) is 13.4. The summed E-state index contributed by atoms with van der Waals surface area (Å²) in [5, 5.41) is 12.1. The number of ether oxygens (including phenoxy) is 1. The van der Waals surface area contributed by atoms with Gasteiger partial charge < -0.3 is 20.9 Å². The van der Waals surface area contributed by atoms with Gasteiger partial charge in [0.25, 0.3) is 0 Å². The smallest absolute Gasteiger partial charge is 0.242 e. The summed E-state index contributed by atoms with van der Waals surface area (Å²) in [7, 11) is 0.980. The van der Waals surface area contributed by atoms with Gasteiger partial charge in [0.15, 0.2) is 0 Å². The van der Waals surface area contributed by atoms with Crippen molar-refractivity contribution in [2.24, 2.45) is 0 Å². The van der Waals surface area contributed by atoms with E-state index in [0.29, 0.717) is 24.4 Å². The number of hydrogen-bond donors (Lipinski definition) is 3. The minimum atomic E-state index is -3.52. The summed E-state index contributed by atoms with van der Waals surface area (Å²) in [6, 6.07) is 4.35. The molecule has 0 aromatic heterocycles. The Morgan fingerprint density at radius 3 is 2.62 bits per heavy atom. The molecule has 0 spiro atoms. The van der Waals surface area contributed by atoms with Crippen LogP contribution < -0.4 is 11.1 Å². The quantitative estimate of drug-likeness (QED) is 0.597. The van der Waals surface area contributed by atoms with Crippen LogP contribution >= 0.6 is 0 Å². The first-order chi connectivity index (χ1) is 9.82. The molecule has 7 nitrogen and oxygen atoms in total. The van der Waals surface area contributed by atoms with Crippen LogP contribution in [0.2, 0.25) is 0 Å². The minimum Gasteiger partial charge on any atom is -0.397 e. The van der Waals surface area contributed by atoms with Crippen molar-refractivity contribution >= 4 is 21.4 Å². The molecule has 1 aromatic carbocycles. The summed E-state index contributed by atoms with van der Waals surface area (Å²) in [5.74, 6) is 0. The number of nitrogens with zero attached hydrogens (tertiary/aromatic N) is 1. The Labute approximate surface area is 125 Å². The van der Waals surface area contributed by atoms with Crippen molar-refractivity contribution in [1.82, 2.24) is 4.31 Å². The maximum atomic E-state index is 12.1. The molecule has 0 amide bonds. The predicted molar refractivity (Wildman–Crippen MR) is 82.7 cm³/mol. The number of methoxy groups -OCH3 is 1. The van der Waals surface area contributed by atoms with Crippen LogP contribution in [0.3, 0.4) is 0 Å². The highest BCUT2D eigenvalue weighted by atomic mass is 32.2. The van der Waals surface area contributed by atoms with E-state index >= 15 is 0 Å². The number of rotatable bonds is 8. The van der Waals surface area contributed by atoms with Crippen molar-refractivity contribution in [1.29, 1.82) is 0 Å². The molecule has 0 saturated carbocycles. The average molecular weight is 317 g/mol. The van der Waals surface area contributed by atoms with E-state index in [2.05, 4.69) is 5.32 Å². The summed E-state index contributed by atoms with van der Waals surface area (Å²) in [5.41, 5.74) is 6.82. The average Bonchev–Trinajstić information content (AvgIpc) is 2.41. The fraction of sp³-hybridized carbons (Fsp3) is 0.538. The largest absolute Gasteiger partial charge is 0.397 e. The summed E-state index contributed by atoms with van der Waals surface area (Å²) in [6.45, 7) is 0.376. The molecule has 21 heavy (non-hydrogen) atoms. The number of benzene rings is 1. The van der Waals surface area contributed by atoms with E-state index in [-0.39, 0.29) is 17.5 Å². The molecule has 4 N–H and O–H groups in total. The molecule has 0 heterocycles. The van der Waals surface area contributed by atoms with Crippen LogP contribution in [0, 0.1) is 0 Å². The third-order valence-electron chi connectivity index (χ3n) is 3.01. The van der Waals surface area contributed by atoms with Gasteiger partial charge in [-0.2, -0.15) is 0 Å². The molecule has 0 aliphatic rings. The lowest BCUT2D eigenvalue weighted by Crippen LogP contribution is -2.27. The molecule has 1 rings (SSSR count). The molecule has 1 aromatic rings. The number of anilines is 2. The number of aliphatic hydroxyl groups excluding tert-OH is 1. The molecule has 0 fully saturated rings. The molecule has 0 radical (unpaired) electrons. The van der Waals surface area contributed by atoms with Gasteiger partial charge in [0, 0.05) is 27.8 Å². The van der Waals surface area contributed by atoms with E-state index < -0.39 is 10.0 Å². The lowest BCUT2D eigenvalue weighted by atomic mass is 10.2. The van der Waals surface area contributed by atoms with Gasteiger partial charge in [-0.15, -0.1) is 0 Å². The van der Waals surface area contributed by atoms with E-state index in [1.807, 2.05) is 0 Å². The summed E-state index contributed by atoms with van der Waals surface area (Å²) in [4.78, 5) is 0.157. The fourth-order valence-electron chi connectivity index (χ4n) is 1.81. The van der Waals surface area contributed by atoms with E-state index in [9.17, 15) is 8.42 Å². The zero-order valence-electron chi connectivity index (χ0n) is 12.5. The van der Waals surface area contributed by atoms with Crippen LogP contribution in [0.15, 0.2) is 23.1 Å². The Hall–Kier alpha value is -1.35. The predicted octanol–water partition coefficient (Wildman–Crippen LogP) is 0.328. The second-order valence-electron chi connectivity index (χ2n) is 4.85. The number of nitrogen functional groups attached to an aromatic ring is 1. The first kappa shape index (κ1) is 17.7. The normalized spacial score (nSPS) is 13.4. The number of nitrogens with two attached hydrogens (primary N) is 1. The van der Waals surface area contributed by atoms with Gasteiger partial charge in [-0.3, -0.25) is 0 Å². The van der Waals surface area contributed by atoms with Crippen molar-refractivity contribution in [2.45, 2.75) is 17.4 Å². The van der Waals surface area contributed by atoms with Crippen molar-refractivity contribution in [2.75, 3.05) is 45.5 Å². The Morgan fingerprint density at radius 2 is 2.10 bits per heavy atom. The molecule has 0 aliphatic carbocycles. The van der Waals surface area contributed by atoms with Crippen LogP contribution in [0.4, 0.5) is 11.4 Å². The summed E-state index contributed by atoms with van der Waals surface area (Å²) < 4.78 is 30.5.